The monoisotopic (exact) mass is 358 g/mol. The molecule has 1 aliphatic heterocycles. The highest BCUT2D eigenvalue weighted by molar-refractivity contribution is 5.93. The average Bonchev–Trinajstić information content (AvgIpc) is 3.05. The molecule has 26 heavy (non-hydrogen) atoms. The van der Waals surface area contributed by atoms with Crippen LogP contribution in [0, 0.1) is 19.3 Å². The Kier molecular flexibility index (Phi) is 4.23. The highest BCUT2D eigenvalue weighted by Crippen LogP contribution is 2.51. The number of amides is 1. The fraction of sp³-hybridized carbons (Fsp3) is 0.632. The van der Waals surface area contributed by atoms with Crippen LogP contribution in [-0.2, 0) is 4.74 Å². The van der Waals surface area contributed by atoms with Gasteiger partial charge in [-0.1, -0.05) is 0 Å². The molecule has 0 unspecified atom stereocenters. The van der Waals surface area contributed by atoms with E-state index >= 15 is 0 Å². The maximum absolute atomic E-state index is 12.9. The Morgan fingerprint density at radius 3 is 2.73 bits per heavy atom. The van der Waals surface area contributed by atoms with Crippen molar-refractivity contribution in [2.24, 2.45) is 5.41 Å². The molecule has 2 aromatic rings. The van der Waals surface area contributed by atoms with Crippen LogP contribution >= 0.6 is 0 Å². The molecule has 0 aromatic carbocycles. The van der Waals surface area contributed by atoms with Crippen molar-refractivity contribution in [2.45, 2.75) is 52.2 Å². The van der Waals surface area contributed by atoms with E-state index in [1.807, 2.05) is 31.7 Å². The molecule has 1 spiro atoms. The lowest BCUT2D eigenvalue weighted by Crippen LogP contribution is -2.62. The topological polar surface area (TPSA) is 80.0 Å². The van der Waals surface area contributed by atoms with E-state index in [1.54, 1.807) is 10.6 Å². The molecule has 1 saturated heterocycles. The molecule has 7 nitrogen and oxygen atoms in total. The van der Waals surface area contributed by atoms with Crippen molar-refractivity contribution in [3.63, 3.8) is 0 Å². The number of likely N-dealkylation sites (tertiary alicyclic amines) is 1. The van der Waals surface area contributed by atoms with Gasteiger partial charge >= 0.3 is 0 Å². The van der Waals surface area contributed by atoms with Crippen molar-refractivity contribution in [1.29, 1.82) is 0 Å². The Balaban J connectivity index is 1.50. The number of ether oxygens (including phenoxy) is 1. The van der Waals surface area contributed by atoms with Crippen molar-refractivity contribution in [1.82, 2.24) is 19.5 Å². The molecule has 2 aliphatic rings. The van der Waals surface area contributed by atoms with E-state index in [0.29, 0.717) is 37.5 Å². The normalized spacial score (nSPS) is 24.8. The second-order valence-electron chi connectivity index (χ2n) is 7.56. The molecule has 4 rings (SSSR count). The Hall–Kier alpha value is -1.99. The fourth-order valence-electron chi connectivity index (χ4n) is 4.50. The molecule has 0 radical (unpaired) electrons. The highest BCUT2D eigenvalue weighted by Gasteiger charge is 2.56. The maximum Gasteiger partial charge on any atom is 0.274 e. The first kappa shape index (κ1) is 17.4. The second kappa shape index (κ2) is 6.32. The summed E-state index contributed by atoms with van der Waals surface area (Å²) in [6.45, 7) is 7.79. The third kappa shape index (κ3) is 2.61. The van der Waals surface area contributed by atoms with Gasteiger partial charge in [0.1, 0.15) is 0 Å². The van der Waals surface area contributed by atoms with Gasteiger partial charge in [0.15, 0.2) is 11.3 Å². The number of aliphatic hydroxyl groups excluding tert-OH is 1. The predicted octanol–water partition coefficient (Wildman–Crippen LogP) is 1.74. The summed E-state index contributed by atoms with van der Waals surface area (Å²) < 4.78 is 7.51. The van der Waals surface area contributed by atoms with E-state index < -0.39 is 0 Å². The third-order valence-corrected chi connectivity index (χ3v) is 6.04. The standard InChI is InChI=1S/C19H26N4O3/c1-4-26-16-11-15(24)19(16)5-7-22(8-6-19)18(25)14-10-17-20-12(2)9-13(3)23(17)21-14/h9-10,15-16,24H,4-8,11H2,1-3H3/t15-,16+/m1/s1. The zero-order valence-corrected chi connectivity index (χ0v) is 15.6. The minimum Gasteiger partial charge on any atom is -0.392 e. The predicted molar refractivity (Wildman–Crippen MR) is 96.1 cm³/mol. The van der Waals surface area contributed by atoms with Gasteiger partial charge < -0.3 is 14.7 Å². The van der Waals surface area contributed by atoms with Gasteiger partial charge in [-0.25, -0.2) is 9.50 Å². The molecule has 7 heteroatoms. The minimum atomic E-state index is -0.318. The van der Waals surface area contributed by atoms with Crippen LogP contribution in [0.15, 0.2) is 12.1 Å². The lowest BCUT2D eigenvalue weighted by atomic mass is 9.58. The quantitative estimate of drug-likeness (QED) is 0.904. The molecule has 1 saturated carbocycles. The summed E-state index contributed by atoms with van der Waals surface area (Å²) in [5, 5.41) is 14.8. The Labute approximate surface area is 153 Å². The number of fused-ring (bicyclic) bond motifs is 1. The first-order valence-corrected chi connectivity index (χ1v) is 9.37. The van der Waals surface area contributed by atoms with Gasteiger partial charge in [-0.2, -0.15) is 5.10 Å². The summed E-state index contributed by atoms with van der Waals surface area (Å²) >= 11 is 0. The van der Waals surface area contributed by atoms with Crippen molar-refractivity contribution in [3.05, 3.63) is 29.2 Å². The van der Waals surface area contributed by atoms with Crippen LogP contribution in [0.1, 0.15) is 48.1 Å². The zero-order valence-electron chi connectivity index (χ0n) is 15.6. The summed E-state index contributed by atoms with van der Waals surface area (Å²) in [6, 6.07) is 3.71. The molecule has 1 aliphatic carbocycles. The van der Waals surface area contributed by atoms with Crippen LogP contribution < -0.4 is 0 Å². The number of hydrogen-bond donors (Lipinski definition) is 1. The van der Waals surface area contributed by atoms with Crippen molar-refractivity contribution in [3.8, 4) is 0 Å². The second-order valence-corrected chi connectivity index (χ2v) is 7.56. The van der Waals surface area contributed by atoms with E-state index in [-0.39, 0.29) is 23.5 Å². The van der Waals surface area contributed by atoms with Gasteiger partial charge in [-0.05, 0) is 39.7 Å². The molecule has 1 N–H and O–H groups in total. The molecule has 2 fully saturated rings. The fourth-order valence-corrected chi connectivity index (χ4v) is 4.50. The van der Waals surface area contributed by atoms with Gasteiger partial charge in [0, 0.05) is 49.0 Å². The Bertz CT molecular complexity index is 837. The van der Waals surface area contributed by atoms with Gasteiger partial charge in [0.25, 0.3) is 5.91 Å². The number of rotatable bonds is 3. The zero-order chi connectivity index (χ0) is 18.5. The van der Waals surface area contributed by atoms with Crippen molar-refractivity contribution >= 4 is 11.6 Å². The van der Waals surface area contributed by atoms with E-state index in [0.717, 1.165) is 24.2 Å². The first-order valence-electron chi connectivity index (χ1n) is 9.37. The van der Waals surface area contributed by atoms with Crippen LogP contribution in [0.25, 0.3) is 5.65 Å². The van der Waals surface area contributed by atoms with Crippen LogP contribution in [0.3, 0.4) is 0 Å². The number of aromatic nitrogens is 3. The summed E-state index contributed by atoms with van der Waals surface area (Å²) in [5.74, 6) is -0.0656. The minimum absolute atomic E-state index is 0.0656. The highest BCUT2D eigenvalue weighted by atomic mass is 16.5. The third-order valence-electron chi connectivity index (χ3n) is 6.04. The van der Waals surface area contributed by atoms with Crippen LogP contribution in [0.4, 0.5) is 0 Å². The number of piperidine rings is 1. The molecule has 140 valence electrons. The maximum atomic E-state index is 12.9. The lowest BCUT2D eigenvalue weighted by molar-refractivity contribution is -0.207. The summed E-state index contributed by atoms with van der Waals surface area (Å²) in [5.41, 5.74) is 2.82. The Morgan fingerprint density at radius 2 is 2.08 bits per heavy atom. The van der Waals surface area contributed by atoms with E-state index in [1.165, 1.54) is 0 Å². The number of carbonyl (C=O) groups excluding carboxylic acids is 1. The summed E-state index contributed by atoms with van der Waals surface area (Å²) in [7, 11) is 0. The van der Waals surface area contributed by atoms with Crippen LogP contribution in [0.2, 0.25) is 0 Å². The smallest absolute Gasteiger partial charge is 0.274 e. The van der Waals surface area contributed by atoms with E-state index in [9.17, 15) is 9.90 Å². The van der Waals surface area contributed by atoms with Gasteiger partial charge in [-0.15, -0.1) is 0 Å². The van der Waals surface area contributed by atoms with Gasteiger partial charge in [-0.3, -0.25) is 4.79 Å². The van der Waals surface area contributed by atoms with Crippen LogP contribution in [0.5, 0.6) is 0 Å². The van der Waals surface area contributed by atoms with Gasteiger partial charge in [0.05, 0.1) is 12.2 Å². The molecular formula is C19H26N4O3. The van der Waals surface area contributed by atoms with Crippen molar-refractivity contribution < 1.29 is 14.6 Å². The first-order chi connectivity index (χ1) is 12.4. The lowest BCUT2D eigenvalue weighted by Gasteiger charge is -2.56. The number of nitrogens with zero attached hydrogens (tertiary/aromatic N) is 4. The summed E-state index contributed by atoms with van der Waals surface area (Å²) in [4.78, 5) is 19.2. The SMILES string of the molecule is CCO[C@H]1C[C@@H](O)C12CCN(C(=O)c1cc3nc(C)cc(C)n3n1)CC2. The van der Waals surface area contributed by atoms with Gasteiger partial charge in [0.2, 0.25) is 0 Å². The average molecular weight is 358 g/mol. The number of carbonyl (C=O) groups is 1. The van der Waals surface area contributed by atoms with E-state index in [4.69, 9.17) is 4.74 Å². The molecule has 0 bridgehead atoms. The molecule has 3 heterocycles. The molecule has 2 atom stereocenters. The molecule has 2 aromatic heterocycles. The summed E-state index contributed by atoms with van der Waals surface area (Å²) in [6.07, 6.45) is 2.05. The largest absolute Gasteiger partial charge is 0.392 e. The van der Waals surface area contributed by atoms with Crippen molar-refractivity contribution in [2.75, 3.05) is 19.7 Å². The van der Waals surface area contributed by atoms with Crippen LogP contribution in [-0.4, -0.2) is 62.4 Å². The number of hydrogen-bond acceptors (Lipinski definition) is 5. The molecule has 1 amide bonds. The molecular weight excluding hydrogens is 332 g/mol. The number of aryl methyl sites for hydroxylation is 2. The van der Waals surface area contributed by atoms with E-state index in [2.05, 4.69) is 10.1 Å². The Morgan fingerprint density at radius 1 is 1.35 bits per heavy atom. The number of aliphatic hydroxyl groups is 1.